The summed E-state index contributed by atoms with van der Waals surface area (Å²) in [5.74, 6) is -1.62. The number of hydrogen-bond donors (Lipinski definition) is 2. The lowest BCUT2D eigenvalue weighted by Crippen LogP contribution is -2.21. The van der Waals surface area contributed by atoms with Gasteiger partial charge in [-0.2, -0.15) is 0 Å². The van der Waals surface area contributed by atoms with Gasteiger partial charge in [0.1, 0.15) is 6.10 Å². The molecular weight excluding hydrogens is 308 g/mol. The maximum absolute atomic E-state index is 11.8. The zero-order valence-electron chi connectivity index (χ0n) is 15.3. The Hall–Kier alpha value is -1.52. The molecule has 0 heterocycles. The van der Waals surface area contributed by atoms with Crippen molar-refractivity contribution in [2.24, 2.45) is 0 Å². The van der Waals surface area contributed by atoms with Gasteiger partial charge in [-0.3, -0.25) is 4.79 Å². The highest BCUT2D eigenvalue weighted by atomic mass is 16.5. The number of carboxylic acids is 1. The van der Waals surface area contributed by atoms with E-state index >= 15 is 0 Å². The van der Waals surface area contributed by atoms with E-state index in [0.717, 1.165) is 57.4 Å². The minimum absolute atomic E-state index is 0.0107. The second kappa shape index (κ2) is 15.0. The highest BCUT2D eigenvalue weighted by molar-refractivity contribution is 5.82. The van der Waals surface area contributed by atoms with Crippen LogP contribution in [0.3, 0.4) is 0 Å². The SMILES string of the molecule is CCCCCCCC(O)=CC(=O)OC(CCCCCC)CC(=O)O. The third-order valence-electron chi connectivity index (χ3n) is 3.89. The summed E-state index contributed by atoms with van der Waals surface area (Å²) in [5, 5.41) is 18.7. The van der Waals surface area contributed by atoms with E-state index in [9.17, 15) is 14.7 Å². The molecule has 5 nitrogen and oxygen atoms in total. The molecule has 0 saturated carbocycles. The molecule has 0 aliphatic heterocycles. The Morgan fingerprint density at radius 1 is 0.917 bits per heavy atom. The Labute approximate surface area is 146 Å². The number of rotatable bonds is 15. The van der Waals surface area contributed by atoms with Crippen molar-refractivity contribution in [1.82, 2.24) is 0 Å². The Morgan fingerprint density at radius 3 is 2.08 bits per heavy atom. The van der Waals surface area contributed by atoms with E-state index in [1.165, 1.54) is 6.42 Å². The molecule has 0 aromatic heterocycles. The van der Waals surface area contributed by atoms with Gasteiger partial charge in [0.2, 0.25) is 0 Å². The van der Waals surface area contributed by atoms with Crippen LogP contribution in [0.15, 0.2) is 11.8 Å². The number of ether oxygens (including phenoxy) is 1. The van der Waals surface area contributed by atoms with Crippen LogP contribution < -0.4 is 0 Å². The number of carbonyl (C=O) groups excluding carboxylic acids is 1. The molecule has 0 radical (unpaired) electrons. The minimum Gasteiger partial charge on any atom is -0.512 e. The van der Waals surface area contributed by atoms with E-state index in [4.69, 9.17) is 9.84 Å². The van der Waals surface area contributed by atoms with Crippen molar-refractivity contribution in [1.29, 1.82) is 0 Å². The molecule has 0 bridgehead atoms. The molecule has 24 heavy (non-hydrogen) atoms. The van der Waals surface area contributed by atoms with Gasteiger partial charge in [-0.1, -0.05) is 58.8 Å². The summed E-state index contributed by atoms with van der Waals surface area (Å²) in [6.07, 6.45) is 10.6. The normalized spacial score (nSPS) is 12.8. The number of aliphatic carboxylic acids is 1. The minimum atomic E-state index is -0.979. The molecule has 0 aliphatic rings. The lowest BCUT2D eigenvalue weighted by molar-refractivity contribution is -0.148. The fourth-order valence-electron chi connectivity index (χ4n) is 2.51. The summed E-state index contributed by atoms with van der Waals surface area (Å²) in [6, 6.07) is 0. The quantitative estimate of drug-likeness (QED) is 0.186. The maximum Gasteiger partial charge on any atom is 0.334 e. The Morgan fingerprint density at radius 2 is 1.50 bits per heavy atom. The predicted octanol–water partition coefficient (Wildman–Crippen LogP) is 5.15. The first-order chi connectivity index (χ1) is 11.5. The Balaban J connectivity index is 4.21. The first-order valence-corrected chi connectivity index (χ1v) is 9.31. The molecule has 0 rings (SSSR count). The number of hydrogen-bond acceptors (Lipinski definition) is 4. The predicted molar refractivity (Wildman–Crippen MR) is 95.0 cm³/mol. The molecule has 0 amide bonds. The van der Waals surface area contributed by atoms with E-state index in [-0.39, 0.29) is 12.2 Å². The lowest BCUT2D eigenvalue weighted by Gasteiger charge is -2.15. The molecule has 140 valence electrons. The topological polar surface area (TPSA) is 83.8 Å². The summed E-state index contributed by atoms with van der Waals surface area (Å²) >= 11 is 0. The largest absolute Gasteiger partial charge is 0.512 e. The molecule has 0 aromatic rings. The number of unbranched alkanes of at least 4 members (excludes halogenated alkanes) is 7. The number of aliphatic hydroxyl groups excluding tert-OH is 1. The molecule has 2 N–H and O–H groups in total. The number of esters is 1. The van der Waals surface area contributed by atoms with Gasteiger partial charge < -0.3 is 14.9 Å². The molecule has 0 saturated heterocycles. The average molecular weight is 342 g/mol. The van der Waals surface area contributed by atoms with Crippen LogP contribution in [0.2, 0.25) is 0 Å². The Kier molecular flexibility index (Phi) is 14.1. The standard InChI is InChI=1S/C19H34O5/c1-3-5-7-9-10-12-16(20)14-19(23)24-17(15-18(21)22)13-11-8-6-4-2/h14,17,20H,3-13,15H2,1-2H3,(H,21,22). The van der Waals surface area contributed by atoms with Crippen molar-refractivity contribution in [3.05, 3.63) is 11.8 Å². The molecule has 1 unspecified atom stereocenters. The van der Waals surface area contributed by atoms with Crippen molar-refractivity contribution < 1.29 is 24.5 Å². The second-order valence-corrected chi connectivity index (χ2v) is 6.31. The van der Waals surface area contributed by atoms with Gasteiger partial charge in [0, 0.05) is 6.42 Å². The van der Waals surface area contributed by atoms with E-state index in [1.54, 1.807) is 0 Å². The second-order valence-electron chi connectivity index (χ2n) is 6.31. The van der Waals surface area contributed by atoms with Crippen LogP contribution >= 0.6 is 0 Å². The van der Waals surface area contributed by atoms with Gasteiger partial charge in [-0.15, -0.1) is 0 Å². The van der Waals surface area contributed by atoms with Gasteiger partial charge in [-0.05, 0) is 19.3 Å². The number of allylic oxidation sites excluding steroid dienone is 1. The first-order valence-electron chi connectivity index (χ1n) is 9.31. The van der Waals surface area contributed by atoms with Gasteiger partial charge in [0.05, 0.1) is 18.3 Å². The number of carbonyl (C=O) groups is 2. The van der Waals surface area contributed by atoms with Crippen LogP contribution in [0.25, 0.3) is 0 Å². The molecule has 0 aromatic carbocycles. The van der Waals surface area contributed by atoms with Crippen molar-refractivity contribution in [2.75, 3.05) is 0 Å². The monoisotopic (exact) mass is 342 g/mol. The van der Waals surface area contributed by atoms with Crippen LogP contribution in [0.5, 0.6) is 0 Å². The summed E-state index contributed by atoms with van der Waals surface area (Å²) in [6.45, 7) is 4.24. The van der Waals surface area contributed by atoms with Crippen LogP contribution in [0, 0.1) is 0 Å². The fraction of sp³-hybridized carbons (Fsp3) is 0.789. The van der Waals surface area contributed by atoms with Crippen LogP contribution in [-0.4, -0.2) is 28.3 Å². The lowest BCUT2D eigenvalue weighted by atomic mass is 10.1. The van der Waals surface area contributed by atoms with E-state index in [2.05, 4.69) is 13.8 Å². The molecule has 0 aliphatic carbocycles. The summed E-state index contributed by atoms with van der Waals surface area (Å²) in [5.41, 5.74) is 0. The molecular formula is C19H34O5. The summed E-state index contributed by atoms with van der Waals surface area (Å²) in [7, 11) is 0. The maximum atomic E-state index is 11.8. The highest BCUT2D eigenvalue weighted by Crippen LogP contribution is 2.13. The summed E-state index contributed by atoms with van der Waals surface area (Å²) in [4.78, 5) is 22.7. The van der Waals surface area contributed by atoms with Gasteiger partial charge >= 0.3 is 11.9 Å². The van der Waals surface area contributed by atoms with E-state index in [0.29, 0.717) is 12.8 Å². The van der Waals surface area contributed by atoms with Crippen molar-refractivity contribution in [3.8, 4) is 0 Å². The summed E-state index contributed by atoms with van der Waals surface area (Å²) < 4.78 is 5.20. The fourth-order valence-corrected chi connectivity index (χ4v) is 2.51. The molecule has 5 heteroatoms. The average Bonchev–Trinajstić information content (AvgIpc) is 2.50. The zero-order valence-corrected chi connectivity index (χ0v) is 15.3. The van der Waals surface area contributed by atoms with Crippen LogP contribution in [0.1, 0.15) is 90.9 Å². The third-order valence-corrected chi connectivity index (χ3v) is 3.89. The highest BCUT2D eigenvalue weighted by Gasteiger charge is 2.17. The number of aliphatic hydroxyl groups is 1. The van der Waals surface area contributed by atoms with Gasteiger partial charge in [-0.25, -0.2) is 4.79 Å². The smallest absolute Gasteiger partial charge is 0.334 e. The van der Waals surface area contributed by atoms with Crippen molar-refractivity contribution in [2.45, 2.75) is 97.0 Å². The third kappa shape index (κ3) is 14.1. The zero-order chi connectivity index (χ0) is 18.2. The van der Waals surface area contributed by atoms with Crippen molar-refractivity contribution in [3.63, 3.8) is 0 Å². The molecule has 0 fully saturated rings. The van der Waals surface area contributed by atoms with Crippen molar-refractivity contribution >= 4 is 11.9 Å². The number of carboxylic acid groups (broad SMARTS) is 1. The molecule has 1 atom stereocenters. The van der Waals surface area contributed by atoms with Crippen LogP contribution in [-0.2, 0) is 14.3 Å². The van der Waals surface area contributed by atoms with Crippen LogP contribution in [0.4, 0.5) is 0 Å². The van der Waals surface area contributed by atoms with Gasteiger partial charge in [0.25, 0.3) is 0 Å². The Bertz CT molecular complexity index is 376. The molecule has 0 spiro atoms. The first kappa shape index (κ1) is 22.5. The van der Waals surface area contributed by atoms with E-state index in [1.807, 2.05) is 0 Å². The van der Waals surface area contributed by atoms with Gasteiger partial charge in [0.15, 0.2) is 0 Å². The van der Waals surface area contributed by atoms with E-state index < -0.39 is 18.0 Å².